The first-order valence-corrected chi connectivity index (χ1v) is 6.26. The molecule has 0 bridgehead atoms. The maximum absolute atomic E-state index is 11.8. The molecular weight excluding hydrogens is 256 g/mol. The Balaban J connectivity index is 2.42. The zero-order chi connectivity index (χ0) is 14.5. The Morgan fingerprint density at radius 3 is 2.95 bits per heavy atom. The van der Waals surface area contributed by atoms with E-state index in [0.29, 0.717) is 12.2 Å². The van der Waals surface area contributed by atoms with Gasteiger partial charge in [0, 0.05) is 12.1 Å². The van der Waals surface area contributed by atoms with Gasteiger partial charge in [-0.1, -0.05) is 18.2 Å². The highest BCUT2D eigenvalue weighted by Crippen LogP contribution is 2.19. The number of anilines is 1. The van der Waals surface area contributed by atoms with E-state index in [9.17, 15) is 4.79 Å². The topological polar surface area (TPSA) is 101 Å². The molecule has 0 aliphatic carbocycles. The van der Waals surface area contributed by atoms with Gasteiger partial charge in [-0.15, -0.1) is 0 Å². The monoisotopic (exact) mass is 272 g/mol. The molecule has 1 amide bonds. The average molecular weight is 272 g/mol. The SMILES string of the molecule is CCNC(=O)c1nc(-c2cccc(CO)c2)cnc1N. The second kappa shape index (κ2) is 6.12. The standard InChI is InChI=1S/C14H16N4O2/c1-2-16-14(20)12-13(15)17-7-11(18-12)10-5-3-4-9(6-10)8-19/h3-7,19H,2,8H2,1H3,(H2,15,17)(H,16,20). The Kier molecular flexibility index (Phi) is 4.27. The predicted molar refractivity (Wildman–Crippen MR) is 75.8 cm³/mol. The van der Waals surface area contributed by atoms with Gasteiger partial charge < -0.3 is 16.2 Å². The van der Waals surface area contributed by atoms with Gasteiger partial charge in [-0.05, 0) is 18.6 Å². The molecule has 1 aromatic heterocycles. The van der Waals surface area contributed by atoms with Crippen molar-refractivity contribution in [3.8, 4) is 11.3 Å². The number of hydrogen-bond donors (Lipinski definition) is 3. The van der Waals surface area contributed by atoms with Crippen molar-refractivity contribution in [1.29, 1.82) is 0 Å². The third-order valence-electron chi connectivity index (χ3n) is 2.76. The number of rotatable bonds is 4. The number of aliphatic hydroxyl groups is 1. The van der Waals surface area contributed by atoms with E-state index >= 15 is 0 Å². The Morgan fingerprint density at radius 2 is 2.25 bits per heavy atom. The van der Waals surface area contributed by atoms with E-state index in [2.05, 4.69) is 15.3 Å². The third-order valence-corrected chi connectivity index (χ3v) is 2.76. The molecule has 1 aromatic carbocycles. The van der Waals surface area contributed by atoms with Gasteiger partial charge in [-0.2, -0.15) is 0 Å². The van der Waals surface area contributed by atoms with Crippen molar-refractivity contribution in [2.24, 2.45) is 0 Å². The Hall–Kier alpha value is -2.47. The molecule has 0 unspecified atom stereocenters. The highest BCUT2D eigenvalue weighted by Gasteiger charge is 2.13. The number of amides is 1. The molecule has 6 nitrogen and oxygen atoms in total. The number of benzene rings is 1. The summed E-state index contributed by atoms with van der Waals surface area (Å²) in [6.45, 7) is 2.25. The van der Waals surface area contributed by atoms with E-state index in [1.54, 1.807) is 12.1 Å². The lowest BCUT2D eigenvalue weighted by molar-refractivity contribution is 0.0951. The summed E-state index contributed by atoms with van der Waals surface area (Å²) in [4.78, 5) is 20.1. The van der Waals surface area contributed by atoms with Crippen molar-refractivity contribution in [3.05, 3.63) is 41.7 Å². The number of nitrogens with one attached hydrogen (secondary N) is 1. The van der Waals surface area contributed by atoms with Crippen LogP contribution in [0.2, 0.25) is 0 Å². The average Bonchev–Trinajstić information content (AvgIpc) is 2.48. The quantitative estimate of drug-likeness (QED) is 0.769. The molecule has 0 aliphatic rings. The highest BCUT2D eigenvalue weighted by atomic mass is 16.3. The number of nitrogens with zero attached hydrogens (tertiary/aromatic N) is 2. The number of aromatic nitrogens is 2. The first-order valence-electron chi connectivity index (χ1n) is 6.26. The van der Waals surface area contributed by atoms with Crippen LogP contribution in [0.15, 0.2) is 30.5 Å². The lowest BCUT2D eigenvalue weighted by Crippen LogP contribution is -2.25. The van der Waals surface area contributed by atoms with Gasteiger partial charge in [-0.25, -0.2) is 9.97 Å². The summed E-state index contributed by atoms with van der Waals surface area (Å²) in [6.07, 6.45) is 1.51. The van der Waals surface area contributed by atoms with E-state index in [4.69, 9.17) is 10.8 Å². The van der Waals surface area contributed by atoms with Crippen molar-refractivity contribution < 1.29 is 9.90 Å². The van der Waals surface area contributed by atoms with Crippen molar-refractivity contribution in [2.45, 2.75) is 13.5 Å². The van der Waals surface area contributed by atoms with Gasteiger partial charge in [0.1, 0.15) is 0 Å². The third kappa shape index (κ3) is 2.92. The zero-order valence-corrected chi connectivity index (χ0v) is 11.1. The van der Waals surface area contributed by atoms with Crippen LogP contribution in [-0.4, -0.2) is 27.5 Å². The van der Waals surface area contributed by atoms with Crippen LogP contribution >= 0.6 is 0 Å². The predicted octanol–water partition coefficient (Wildman–Crippen LogP) is 0.968. The van der Waals surface area contributed by atoms with Crippen molar-refractivity contribution in [1.82, 2.24) is 15.3 Å². The summed E-state index contributed by atoms with van der Waals surface area (Å²) in [5, 5.41) is 11.8. The van der Waals surface area contributed by atoms with Crippen LogP contribution in [0.25, 0.3) is 11.3 Å². The molecule has 1 heterocycles. The molecule has 0 saturated heterocycles. The van der Waals surface area contributed by atoms with E-state index in [1.807, 2.05) is 19.1 Å². The Labute approximate surface area is 116 Å². The molecule has 104 valence electrons. The van der Waals surface area contributed by atoms with E-state index in [0.717, 1.165) is 11.1 Å². The van der Waals surface area contributed by atoms with Gasteiger partial charge in [0.2, 0.25) is 0 Å². The minimum atomic E-state index is -0.349. The van der Waals surface area contributed by atoms with Crippen molar-refractivity contribution >= 4 is 11.7 Å². The molecule has 0 aliphatic heterocycles. The fraction of sp³-hybridized carbons (Fsp3) is 0.214. The summed E-state index contributed by atoms with van der Waals surface area (Å²) in [6, 6.07) is 7.24. The summed E-state index contributed by atoms with van der Waals surface area (Å²) >= 11 is 0. The molecule has 2 aromatic rings. The van der Waals surface area contributed by atoms with Gasteiger partial charge in [0.25, 0.3) is 5.91 Å². The van der Waals surface area contributed by atoms with Crippen LogP contribution in [0.1, 0.15) is 23.0 Å². The molecule has 0 fully saturated rings. The Morgan fingerprint density at radius 1 is 1.45 bits per heavy atom. The summed E-state index contributed by atoms with van der Waals surface area (Å²) < 4.78 is 0. The largest absolute Gasteiger partial charge is 0.392 e. The molecule has 0 spiro atoms. The normalized spacial score (nSPS) is 10.3. The highest BCUT2D eigenvalue weighted by molar-refractivity contribution is 5.96. The molecule has 6 heteroatoms. The molecule has 4 N–H and O–H groups in total. The van der Waals surface area contributed by atoms with Crippen LogP contribution < -0.4 is 11.1 Å². The van der Waals surface area contributed by atoms with Crippen LogP contribution in [-0.2, 0) is 6.61 Å². The van der Waals surface area contributed by atoms with E-state index in [-0.39, 0.29) is 24.0 Å². The summed E-state index contributed by atoms with van der Waals surface area (Å²) in [5.41, 5.74) is 7.87. The Bertz CT molecular complexity index is 628. The molecule has 0 atom stereocenters. The maximum atomic E-state index is 11.8. The minimum Gasteiger partial charge on any atom is -0.392 e. The van der Waals surface area contributed by atoms with E-state index < -0.39 is 0 Å². The van der Waals surface area contributed by atoms with Gasteiger partial charge in [-0.3, -0.25) is 4.79 Å². The molecule has 2 rings (SSSR count). The number of carbonyl (C=O) groups is 1. The number of aliphatic hydroxyl groups excluding tert-OH is 1. The van der Waals surface area contributed by atoms with E-state index in [1.165, 1.54) is 6.20 Å². The number of hydrogen-bond acceptors (Lipinski definition) is 5. The van der Waals surface area contributed by atoms with Gasteiger partial charge >= 0.3 is 0 Å². The van der Waals surface area contributed by atoms with Crippen LogP contribution in [0, 0.1) is 0 Å². The lowest BCUT2D eigenvalue weighted by atomic mass is 10.1. The molecular formula is C14H16N4O2. The van der Waals surface area contributed by atoms with Crippen molar-refractivity contribution in [2.75, 3.05) is 12.3 Å². The molecule has 0 saturated carbocycles. The molecule has 0 radical (unpaired) electrons. The second-order valence-corrected chi connectivity index (χ2v) is 4.21. The summed E-state index contributed by atoms with van der Waals surface area (Å²) in [7, 11) is 0. The van der Waals surface area contributed by atoms with Gasteiger partial charge in [0.05, 0.1) is 18.5 Å². The zero-order valence-electron chi connectivity index (χ0n) is 11.1. The van der Waals surface area contributed by atoms with Crippen molar-refractivity contribution in [3.63, 3.8) is 0 Å². The number of nitrogens with two attached hydrogens (primary N) is 1. The van der Waals surface area contributed by atoms with Crippen LogP contribution in [0.3, 0.4) is 0 Å². The maximum Gasteiger partial charge on any atom is 0.273 e. The van der Waals surface area contributed by atoms with Gasteiger partial charge in [0.15, 0.2) is 11.5 Å². The fourth-order valence-electron chi connectivity index (χ4n) is 1.78. The smallest absolute Gasteiger partial charge is 0.273 e. The first-order chi connectivity index (χ1) is 9.65. The fourth-order valence-corrected chi connectivity index (χ4v) is 1.78. The summed E-state index contributed by atoms with van der Waals surface area (Å²) in [5.74, 6) is -0.254. The lowest BCUT2D eigenvalue weighted by Gasteiger charge is -2.07. The van der Waals surface area contributed by atoms with Crippen LogP contribution in [0.5, 0.6) is 0 Å². The minimum absolute atomic E-state index is 0.0561. The number of carbonyl (C=O) groups excluding carboxylic acids is 1. The molecule has 20 heavy (non-hydrogen) atoms. The second-order valence-electron chi connectivity index (χ2n) is 4.21. The first kappa shape index (κ1) is 14.0. The van der Waals surface area contributed by atoms with Crippen LogP contribution in [0.4, 0.5) is 5.82 Å². The number of nitrogen functional groups attached to an aromatic ring is 1.